The molecule has 1 atom stereocenters. The van der Waals surface area contributed by atoms with Gasteiger partial charge in [-0.3, -0.25) is 0 Å². The van der Waals surface area contributed by atoms with Crippen LogP contribution in [0, 0.1) is 5.92 Å². The summed E-state index contributed by atoms with van der Waals surface area (Å²) in [6.07, 6.45) is 18.4. The van der Waals surface area contributed by atoms with E-state index in [-0.39, 0.29) is 0 Å². The van der Waals surface area contributed by atoms with Gasteiger partial charge >= 0.3 is 0 Å². The van der Waals surface area contributed by atoms with Crippen LogP contribution in [0.4, 0.5) is 0 Å². The molecule has 19 heavy (non-hydrogen) atoms. The highest BCUT2D eigenvalue weighted by Gasteiger charge is 2.05. The highest BCUT2D eigenvalue weighted by atomic mass is 16.5. The van der Waals surface area contributed by atoms with Gasteiger partial charge in [-0.05, 0) is 37.7 Å². The summed E-state index contributed by atoms with van der Waals surface area (Å²) in [5, 5.41) is 0. The lowest BCUT2D eigenvalue weighted by molar-refractivity contribution is 0.123. The molecule has 0 N–H and O–H groups in total. The Labute approximate surface area is 120 Å². The highest BCUT2D eigenvalue weighted by Crippen LogP contribution is 2.18. The first-order valence-corrected chi connectivity index (χ1v) is 8.37. The van der Waals surface area contributed by atoms with E-state index in [1.807, 2.05) is 0 Å². The molecule has 1 heteroatoms. The Hall–Kier alpha value is -0.520. The molecule has 1 fully saturated rings. The lowest BCUT2D eigenvalue weighted by Crippen LogP contribution is -2.02. The Kier molecular flexibility index (Phi) is 10.9. The van der Waals surface area contributed by atoms with Gasteiger partial charge in [0.05, 0.1) is 0 Å². The van der Waals surface area contributed by atoms with Crippen molar-refractivity contribution in [3.8, 4) is 0 Å². The van der Waals surface area contributed by atoms with E-state index in [9.17, 15) is 0 Å². The second kappa shape index (κ2) is 12.5. The Bertz CT molecular complexity index is 224. The van der Waals surface area contributed by atoms with Crippen molar-refractivity contribution in [2.45, 2.75) is 77.0 Å². The van der Waals surface area contributed by atoms with Crippen molar-refractivity contribution < 1.29 is 4.74 Å². The third-order valence-electron chi connectivity index (χ3n) is 4.08. The normalized spacial score (nSPS) is 25.4. The SMILES string of the molecule is C=C=CC1CCCCCCCCCCCOCCC1. The summed E-state index contributed by atoms with van der Waals surface area (Å²) in [5.74, 6) is 0.675. The predicted molar refractivity (Wildman–Crippen MR) is 83.4 cm³/mol. The van der Waals surface area contributed by atoms with E-state index in [4.69, 9.17) is 4.74 Å². The van der Waals surface area contributed by atoms with Gasteiger partial charge in [-0.2, -0.15) is 0 Å². The van der Waals surface area contributed by atoms with Crippen molar-refractivity contribution >= 4 is 0 Å². The average molecular weight is 264 g/mol. The van der Waals surface area contributed by atoms with Crippen LogP contribution in [0.2, 0.25) is 0 Å². The predicted octanol–water partition coefficient (Wildman–Crippen LogP) is 5.66. The summed E-state index contributed by atoms with van der Waals surface area (Å²) in [5.41, 5.74) is 2.97. The lowest BCUT2D eigenvalue weighted by atomic mass is 9.95. The van der Waals surface area contributed by atoms with Gasteiger partial charge < -0.3 is 4.74 Å². The molecule has 0 radical (unpaired) electrons. The molecule has 0 aliphatic carbocycles. The molecule has 0 amide bonds. The molecule has 1 heterocycles. The van der Waals surface area contributed by atoms with E-state index in [1.54, 1.807) is 0 Å². The van der Waals surface area contributed by atoms with E-state index in [0.29, 0.717) is 5.92 Å². The van der Waals surface area contributed by atoms with Crippen LogP contribution in [-0.2, 0) is 4.74 Å². The zero-order chi connectivity index (χ0) is 13.6. The van der Waals surface area contributed by atoms with Crippen LogP contribution in [0.3, 0.4) is 0 Å². The monoisotopic (exact) mass is 264 g/mol. The fourth-order valence-corrected chi connectivity index (χ4v) is 2.88. The van der Waals surface area contributed by atoms with Gasteiger partial charge in [0.25, 0.3) is 0 Å². The molecule has 1 unspecified atom stereocenters. The minimum Gasteiger partial charge on any atom is -0.381 e. The first kappa shape index (κ1) is 16.5. The molecule has 0 aromatic carbocycles. The van der Waals surface area contributed by atoms with Crippen molar-refractivity contribution in [2.75, 3.05) is 13.2 Å². The molecule has 0 spiro atoms. The van der Waals surface area contributed by atoms with E-state index >= 15 is 0 Å². The van der Waals surface area contributed by atoms with Gasteiger partial charge in [0, 0.05) is 13.2 Å². The van der Waals surface area contributed by atoms with E-state index in [1.165, 1.54) is 77.0 Å². The lowest BCUT2D eigenvalue weighted by Gasteiger charge is -2.12. The third kappa shape index (κ3) is 9.99. The van der Waals surface area contributed by atoms with E-state index in [0.717, 1.165) is 13.2 Å². The van der Waals surface area contributed by atoms with Gasteiger partial charge in [0.15, 0.2) is 0 Å². The fourth-order valence-electron chi connectivity index (χ4n) is 2.88. The molecule has 0 aromatic heterocycles. The van der Waals surface area contributed by atoms with Crippen molar-refractivity contribution in [1.82, 2.24) is 0 Å². The van der Waals surface area contributed by atoms with Crippen LogP contribution in [0.25, 0.3) is 0 Å². The zero-order valence-electron chi connectivity index (χ0n) is 12.7. The molecular weight excluding hydrogens is 232 g/mol. The van der Waals surface area contributed by atoms with Crippen LogP contribution in [-0.4, -0.2) is 13.2 Å². The van der Waals surface area contributed by atoms with Crippen LogP contribution in [0.5, 0.6) is 0 Å². The molecule has 1 aliphatic rings. The van der Waals surface area contributed by atoms with Crippen LogP contribution < -0.4 is 0 Å². The first-order valence-electron chi connectivity index (χ1n) is 8.37. The van der Waals surface area contributed by atoms with Gasteiger partial charge in [0.2, 0.25) is 0 Å². The smallest absolute Gasteiger partial charge is 0.0466 e. The third-order valence-corrected chi connectivity index (χ3v) is 4.08. The maximum atomic E-state index is 5.71. The molecule has 0 saturated carbocycles. The Morgan fingerprint density at radius 3 is 1.95 bits per heavy atom. The van der Waals surface area contributed by atoms with E-state index in [2.05, 4.69) is 18.4 Å². The molecule has 110 valence electrons. The number of rotatable bonds is 1. The molecule has 0 bridgehead atoms. The molecule has 1 aliphatic heterocycles. The minimum absolute atomic E-state index is 0.675. The van der Waals surface area contributed by atoms with Gasteiger partial charge in [-0.25, -0.2) is 0 Å². The van der Waals surface area contributed by atoms with Crippen molar-refractivity contribution in [2.24, 2.45) is 5.92 Å². The quantitative estimate of drug-likeness (QED) is 0.556. The molecule has 1 rings (SSSR count). The summed E-state index contributed by atoms with van der Waals surface area (Å²) in [6.45, 7) is 5.62. The Morgan fingerprint density at radius 1 is 0.737 bits per heavy atom. The molecule has 1 nitrogen and oxygen atoms in total. The molecule has 1 saturated heterocycles. The summed E-state index contributed by atoms with van der Waals surface area (Å²) in [6, 6.07) is 0. The number of ether oxygens (including phenoxy) is 1. The number of hydrogen-bond donors (Lipinski definition) is 0. The summed E-state index contributed by atoms with van der Waals surface area (Å²) < 4.78 is 5.71. The highest BCUT2D eigenvalue weighted by molar-refractivity contribution is 4.84. The maximum Gasteiger partial charge on any atom is 0.0466 e. The van der Waals surface area contributed by atoms with Crippen LogP contribution >= 0.6 is 0 Å². The van der Waals surface area contributed by atoms with Gasteiger partial charge in [0.1, 0.15) is 0 Å². The maximum absolute atomic E-state index is 5.71. The summed E-state index contributed by atoms with van der Waals surface area (Å²) >= 11 is 0. The summed E-state index contributed by atoms with van der Waals surface area (Å²) in [7, 11) is 0. The minimum atomic E-state index is 0.675. The zero-order valence-corrected chi connectivity index (χ0v) is 12.7. The van der Waals surface area contributed by atoms with Crippen molar-refractivity contribution in [3.05, 3.63) is 18.4 Å². The molecule has 0 aromatic rings. The van der Waals surface area contributed by atoms with Crippen LogP contribution in [0.1, 0.15) is 77.0 Å². The fraction of sp³-hybridized carbons (Fsp3) is 0.833. The average Bonchev–Trinajstić information content (AvgIpc) is 2.41. The Morgan fingerprint density at radius 2 is 1.26 bits per heavy atom. The second-order valence-electron chi connectivity index (χ2n) is 5.86. The van der Waals surface area contributed by atoms with Crippen molar-refractivity contribution in [1.29, 1.82) is 0 Å². The molecular formula is C18H32O. The standard InChI is InChI=1S/C18H32O/c1-2-13-18-14-10-8-6-4-3-5-7-9-11-16-19-17-12-15-18/h13,18H,1,3-12,14-17H2. The Balaban J connectivity index is 2.24. The second-order valence-corrected chi connectivity index (χ2v) is 5.86. The van der Waals surface area contributed by atoms with E-state index < -0.39 is 0 Å². The summed E-state index contributed by atoms with van der Waals surface area (Å²) in [4.78, 5) is 0. The number of hydrogen-bond acceptors (Lipinski definition) is 1. The van der Waals surface area contributed by atoms with Gasteiger partial charge in [-0.1, -0.05) is 57.9 Å². The first-order chi connectivity index (χ1) is 9.43. The topological polar surface area (TPSA) is 9.23 Å². The van der Waals surface area contributed by atoms with Crippen LogP contribution in [0.15, 0.2) is 18.4 Å². The largest absolute Gasteiger partial charge is 0.381 e. The number of allylic oxidation sites excluding steroid dienone is 1. The van der Waals surface area contributed by atoms with Crippen molar-refractivity contribution in [3.63, 3.8) is 0 Å². The van der Waals surface area contributed by atoms with Gasteiger partial charge in [-0.15, -0.1) is 5.73 Å².